The van der Waals surface area contributed by atoms with Gasteiger partial charge in [0.1, 0.15) is 11.2 Å². The number of β-lactam (4-membered cyclic amide) rings is 1. The molecular weight excluding hydrogens is 322 g/mol. The van der Waals surface area contributed by atoms with E-state index in [1.165, 1.54) is 34.9 Å². The van der Waals surface area contributed by atoms with Crippen molar-refractivity contribution in [3.8, 4) is 0 Å². The fourth-order valence-electron chi connectivity index (χ4n) is 1.91. The van der Waals surface area contributed by atoms with Crippen molar-refractivity contribution in [2.45, 2.75) is 9.71 Å². The normalized spacial score (nSPS) is 21.8. The number of Topliss-reactive ketones (excluding diaryl/α,β-unsaturated/α-hetero) is 1. The highest BCUT2D eigenvalue weighted by Crippen LogP contribution is 2.39. The maximum atomic E-state index is 11.5. The van der Waals surface area contributed by atoms with E-state index in [1.54, 1.807) is 5.51 Å². The number of thioether (sulfide) groups is 2. The first-order chi connectivity index (χ1) is 9.59. The second-order valence-electron chi connectivity index (χ2n) is 3.95. The first-order valence-electron chi connectivity index (χ1n) is 5.43. The molecule has 0 saturated carbocycles. The number of aromatic nitrogens is 2. The Morgan fingerprint density at radius 2 is 2.35 bits per heavy atom. The van der Waals surface area contributed by atoms with E-state index in [9.17, 15) is 19.5 Å². The number of ketones is 1. The second-order valence-corrected chi connectivity index (χ2v) is 7.08. The molecule has 10 heteroatoms. The van der Waals surface area contributed by atoms with Crippen LogP contribution in [0.1, 0.15) is 0 Å². The van der Waals surface area contributed by atoms with Gasteiger partial charge in [-0.25, -0.2) is 4.79 Å². The van der Waals surface area contributed by atoms with Gasteiger partial charge in [0, 0.05) is 11.5 Å². The van der Waals surface area contributed by atoms with E-state index in [2.05, 4.69) is 10.2 Å². The van der Waals surface area contributed by atoms with E-state index in [-0.39, 0.29) is 5.70 Å². The Morgan fingerprint density at radius 3 is 3.00 bits per heavy atom. The Labute approximate surface area is 125 Å². The van der Waals surface area contributed by atoms with Gasteiger partial charge in [0.15, 0.2) is 9.71 Å². The smallest absolute Gasteiger partial charge is 0.352 e. The third kappa shape index (κ3) is 2.13. The topological polar surface area (TPSA) is 100 Å². The molecule has 104 valence electrons. The van der Waals surface area contributed by atoms with Crippen LogP contribution in [0.15, 0.2) is 21.1 Å². The van der Waals surface area contributed by atoms with Crippen molar-refractivity contribution >= 4 is 52.5 Å². The number of hydrogen-bond acceptors (Lipinski definition) is 8. The summed E-state index contributed by atoms with van der Waals surface area (Å²) in [4.78, 5) is 35.3. The van der Waals surface area contributed by atoms with Crippen molar-refractivity contribution in [1.29, 1.82) is 0 Å². The maximum Gasteiger partial charge on any atom is 0.352 e. The average molecular weight is 329 g/mol. The zero-order valence-electron chi connectivity index (χ0n) is 9.81. The van der Waals surface area contributed by atoms with Crippen LogP contribution in [0.2, 0.25) is 0 Å². The van der Waals surface area contributed by atoms with Gasteiger partial charge in [-0.05, 0) is 5.57 Å². The molecule has 0 aromatic carbocycles. The molecule has 1 atom stereocenters. The Bertz CT molecular complexity index is 628. The van der Waals surface area contributed by atoms with Gasteiger partial charge < -0.3 is 5.11 Å². The molecule has 1 N–H and O–H groups in total. The molecule has 20 heavy (non-hydrogen) atoms. The number of carbonyl (C=O) groups is 3. The third-order valence-corrected chi connectivity index (χ3v) is 5.99. The lowest BCUT2D eigenvalue weighted by Crippen LogP contribution is -2.62. The molecule has 0 aliphatic carbocycles. The molecule has 1 fully saturated rings. The van der Waals surface area contributed by atoms with Gasteiger partial charge in [-0.2, -0.15) is 0 Å². The maximum absolute atomic E-state index is 11.5. The predicted octanol–water partition coefficient (Wildman–Crippen LogP) is 0.453. The number of fused-ring (bicyclic) bond motifs is 1. The van der Waals surface area contributed by atoms with Gasteiger partial charge in [-0.1, -0.05) is 23.1 Å². The Kier molecular flexibility index (Phi) is 3.52. The summed E-state index contributed by atoms with van der Waals surface area (Å²) >= 11 is 4.02. The molecule has 0 bridgehead atoms. The minimum atomic E-state index is -1.18. The molecule has 1 aromatic rings. The largest absolute Gasteiger partial charge is 0.477 e. The fourth-order valence-corrected chi connectivity index (χ4v) is 4.74. The van der Waals surface area contributed by atoms with Crippen molar-refractivity contribution in [3.63, 3.8) is 0 Å². The van der Waals surface area contributed by atoms with Crippen molar-refractivity contribution in [2.75, 3.05) is 11.5 Å². The van der Waals surface area contributed by atoms with Crippen molar-refractivity contribution in [3.05, 3.63) is 16.8 Å². The SMILES string of the molecule is O=C(O)C1=C(CSc2nncs2)CS[C@H]2C(=O)C(=O)N12. The van der Waals surface area contributed by atoms with Crippen molar-refractivity contribution in [2.24, 2.45) is 0 Å². The minimum absolute atomic E-state index is 0.0598. The van der Waals surface area contributed by atoms with Crippen LogP contribution in [0, 0.1) is 0 Å². The number of carboxylic acids is 1. The third-order valence-electron chi connectivity index (χ3n) is 2.79. The molecule has 0 unspecified atom stereocenters. The van der Waals surface area contributed by atoms with Crippen molar-refractivity contribution in [1.82, 2.24) is 15.1 Å². The summed E-state index contributed by atoms with van der Waals surface area (Å²) in [7, 11) is 0. The molecule has 7 nitrogen and oxygen atoms in total. The number of aliphatic carboxylic acids is 1. The van der Waals surface area contributed by atoms with E-state index < -0.39 is 23.0 Å². The van der Waals surface area contributed by atoms with Gasteiger partial charge in [-0.15, -0.1) is 22.0 Å². The summed E-state index contributed by atoms with van der Waals surface area (Å²) in [5, 5.41) is 16.2. The number of hydrogen-bond donors (Lipinski definition) is 1. The van der Waals surface area contributed by atoms with Crippen LogP contribution in [0.3, 0.4) is 0 Å². The van der Waals surface area contributed by atoms with Crippen LogP contribution in [-0.4, -0.2) is 54.7 Å². The van der Waals surface area contributed by atoms with Crippen molar-refractivity contribution < 1.29 is 19.5 Å². The Hall–Kier alpha value is -1.39. The fraction of sp³-hybridized carbons (Fsp3) is 0.300. The van der Waals surface area contributed by atoms with E-state index in [1.807, 2.05) is 0 Å². The number of carbonyl (C=O) groups excluding carboxylic acids is 2. The molecule has 0 spiro atoms. The second kappa shape index (κ2) is 5.19. The van der Waals surface area contributed by atoms with Gasteiger partial charge in [0.25, 0.3) is 11.7 Å². The van der Waals surface area contributed by atoms with E-state index >= 15 is 0 Å². The molecule has 3 rings (SSSR count). The molecule has 0 radical (unpaired) electrons. The summed E-state index contributed by atoms with van der Waals surface area (Å²) < 4.78 is 0.736. The first-order valence-corrected chi connectivity index (χ1v) is 8.34. The summed E-state index contributed by atoms with van der Waals surface area (Å²) in [6, 6.07) is 0. The molecule has 1 saturated heterocycles. The summed E-state index contributed by atoms with van der Waals surface area (Å²) in [6.45, 7) is 0. The highest BCUT2D eigenvalue weighted by atomic mass is 32.2. The highest BCUT2D eigenvalue weighted by molar-refractivity contribution is 8.02. The monoisotopic (exact) mass is 329 g/mol. The van der Waals surface area contributed by atoms with Crippen LogP contribution in [0.25, 0.3) is 0 Å². The number of carboxylic acid groups (broad SMARTS) is 1. The van der Waals surface area contributed by atoms with Crippen LogP contribution >= 0.6 is 34.9 Å². The quantitative estimate of drug-likeness (QED) is 0.483. The number of amides is 1. The molecule has 3 heterocycles. The lowest BCUT2D eigenvalue weighted by Gasteiger charge is -2.42. The van der Waals surface area contributed by atoms with Crippen LogP contribution in [-0.2, 0) is 14.4 Å². The summed E-state index contributed by atoms with van der Waals surface area (Å²) in [6.07, 6.45) is 0. The standard InChI is InChI=1S/C10H7N3O4S3/c14-6-7(15)13-5(9(16)17)4(1-18-8(6)13)2-19-10-12-11-3-20-10/h3,8H,1-2H2,(H,16,17)/t8-/m0/s1. The van der Waals surface area contributed by atoms with Crippen LogP contribution in [0.4, 0.5) is 0 Å². The Balaban J connectivity index is 1.84. The van der Waals surface area contributed by atoms with Crippen LogP contribution in [0.5, 0.6) is 0 Å². The molecular formula is C10H7N3O4S3. The molecule has 1 amide bonds. The van der Waals surface area contributed by atoms with Gasteiger partial charge in [0.2, 0.25) is 0 Å². The van der Waals surface area contributed by atoms with Crippen LogP contribution < -0.4 is 0 Å². The number of nitrogens with zero attached hydrogens (tertiary/aromatic N) is 3. The summed E-state index contributed by atoms with van der Waals surface area (Å²) in [5.74, 6) is -1.60. The molecule has 1 aromatic heterocycles. The molecule has 2 aliphatic rings. The zero-order valence-corrected chi connectivity index (χ0v) is 12.3. The van der Waals surface area contributed by atoms with Gasteiger partial charge in [-0.3, -0.25) is 14.5 Å². The van der Waals surface area contributed by atoms with E-state index in [0.717, 1.165) is 9.24 Å². The van der Waals surface area contributed by atoms with Gasteiger partial charge in [0.05, 0.1) is 0 Å². The van der Waals surface area contributed by atoms with E-state index in [4.69, 9.17) is 0 Å². The van der Waals surface area contributed by atoms with Gasteiger partial charge >= 0.3 is 5.97 Å². The summed E-state index contributed by atoms with van der Waals surface area (Å²) in [5.41, 5.74) is 2.16. The lowest BCUT2D eigenvalue weighted by atomic mass is 10.1. The zero-order chi connectivity index (χ0) is 14.3. The molecule has 2 aliphatic heterocycles. The highest BCUT2D eigenvalue weighted by Gasteiger charge is 2.52. The first kappa shape index (κ1) is 13.6. The number of rotatable bonds is 4. The Morgan fingerprint density at radius 1 is 1.55 bits per heavy atom. The predicted molar refractivity (Wildman–Crippen MR) is 73.4 cm³/mol. The average Bonchev–Trinajstić information content (AvgIpc) is 2.96. The lowest BCUT2D eigenvalue weighted by molar-refractivity contribution is -0.156. The van der Waals surface area contributed by atoms with E-state index in [0.29, 0.717) is 17.1 Å². The minimum Gasteiger partial charge on any atom is -0.477 e.